The lowest BCUT2D eigenvalue weighted by molar-refractivity contribution is 0.0697. The van der Waals surface area contributed by atoms with E-state index in [1.807, 2.05) is 24.3 Å². The van der Waals surface area contributed by atoms with E-state index in [4.69, 9.17) is 5.11 Å². The van der Waals surface area contributed by atoms with Crippen molar-refractivity contribution in [2.75, 3.05) is 10.6 Å². The molecule has 0 bridgehead atoms. The summed E-state index contributed by atoms with van der Waals surface area (Å²) in [6.45, 7) is 4.36. The van der Waals surface area contributed by atoms with Crippen molar-refractivity contribution in [1.29, 1.82) is 0 Å². The van der Waals surface area contributed by atoms with Gasteiger partial charge < -0.3 is 15.7 Å². The SMILES string of the molecule is CC(C)C1(Cc2ccc(C(=O)O)cc2)Nc2ccccc2N1. The van der Waals surface area contributed by atoms with Crippen LogP contribution in [0.5, 0.6) is 0 Å². The summed E-state index contributed by atoms with van der Waals surface area (Å²) >= 11 is 0. The average molecular weight is 296 g/mol. The molecule has 0 saturated carbocycles. The fourth-order valence-corrected chi connectivity index (χ4v) is 2.88. The molecule has 4 nitrogen and oxygen atoms in total. The number of benzene rings is 2. The Balaban J connectivity index is 1.86. The van der Waals surface area contributed by atoms with Crippen LogP contribution in [0.4, 0.5) is 11.4 Å². The molecule has 0 atom stereocenters. The van der Waals surface area contributed by atoms with Gasteiger partial charge >= 0.3 is 5.97 Å². The van der Waals surface area contributed by atoms with Crippen molar-refractivity contribution < 1.29 is 9.90 Å². The van der Waals surface area contributed by atoms with Gasteiger partial charge in [-0.3, -0.25) is 0 Å². The van der Waals surface area contributed by atoms with E-state index < -0.39 is 5.97 Å². The zero-order valence-corrected chi connectivity index (χ0v) is 12.8. The van der Waals surface area contributed by atoms with Gasteiger partial charge in [0.1, 0.15) is 5.66 Å². The summed E-state index contributed by atoms with van der Waals surface area (Å²) in [6.07, 6.45) is 0.777. The van der Waals surface area contributed by atoms with E-state index in [0.717, 1.165) is 23.4 Å². The molecule has 0 aromatic heterocycles. The molecule has 0 amide bonds. The van der Waals surface area contributed by atoms with E-state index in [0.29, 0.717) is 11.5 Å². The zero-order valence-electron chi connectivity index (χ0n) is 12.8. The highest BCUT2D eigenvalue weighted by molar-refractivity contribution is 5.87. The maximum absolute atomic E-state index is 11.0. The van der Waals surface area contributed by atoms with Crippen LogP contribution in [0, 0.1) is 5.92 Å². The Morgan fingerprint density at radius 3 is 2.05 bits per heavy atom. The monoisotopic (exact) mass is 296 g/mol. The molecule has 114 valence electrons. The molecule has 3 N–H and O–H groups in total. The minimum absolute atomic E-state index is 0.256. The molecule has 0 unspecified atom stereocenters. The molecule has 4 heteroatoms. The van der Waals surface area contributed by atoms with Crippen molar-refractivity contribution in [3.8, 4) is 0 Å². The van der Waals surface area contributed by atoms with Crippen LogP contribution < -0.4 is 10.6 Å². The number of fused-ring (bicyclic) bond motifs is 1. The number of carboxylic acids is 1. The third-order valence-corrected chi connectivity index (χ3v) is 4.31. The van der Waals surface area contributed by atoms with E-state index >= 15 is 0 Å². The topological polar surface area (TPSA) is 61.4 Å². The van der Waals surface area contributed by atoms with Gasteiger partial charge in [-0.1, -0.05) is 38.1 Å². The predicted molar refractivity (Wildman–Crippen MR) is 88.4 cm³/mol. The predicted octanol–water partition coefficient (Wildman–Crippen LogP) is 3.82. The Morgan fingerprint density at radius 2 is 1.59 bits per heavy atom. The number of hydrogen-bond acceptors (Lipinski definition) is 3. The molecule has 0 aliphatic carbocycles. The van der Waals surface area contributed by atoms with Crippen LogP contribution >= 0.6 is 0 Å². The van der Waals surface area contributed by atoms with E-state index in [2.05, 4.69) is 36.6 Å². The van der Waals surface area contributed by atoms with E-state index in [1.165, 1.54) is 0 Å². The van der Waals surface area contributed by atoms with Crippen LogP contribution in [0.2, 0.25) is 0 Å². The van der Waals surface area contributed by atoms with E-state index in [-0.39, 0.29) is 5.66 Å². The Morgan fingerprint density at radius 1 is 1.05 bits per heavy atom. The highest BCUT2D eigenvalue weighted by atomic mass is 16.4. The lowest BCUT2D eigenvalue weighted by Gasteiger charge is -2.35. The maximum atomic E-state index is 11.0. The van der Waals surface area contributed by atoms with Gasteiger partial charge in [0, 0.05) is 6.42 Å². The van der Waals surface area contributed by atoms with Crippen LogP contribution in [0.3, 0.4) is 0 Å². The molecule has 1 heterocycles. The summed E-state index contributed by atoms with van der Waals surface area (Å²) in [7, 11) is 0. The fraction of sp³-hybridized carbons (Fsp3) is 0.278. The highest BCUT2D eigenvalue weighted by Crippen LogP contribution is 2.39. The van der Waals surface area contributed by atoms with Gasteiger partial charge in [0.25, 0.3) is 0 Å². The number of carboxylic acid groups (broad SMARTS) is 1. The zero-order chi connectivity index (χ0) is 15.7. The van der Waals surface area contributed by atoms with E-state index in [1.54, 1.807) is 12.1 Å². The average Bonchev–Trinajstić information content (AvgIpc) is 2.87. The Hall–Kier alpha value is -2.49. The lowest BCUT2D eigenvalue weighted by atomic mass is 9.89. The first kappa shape index (κ1) is 14.4. The van der Waals surface area contributed by atoms with Crippen molar-refractivity contribution in [2.45, 2.75) is 25.9 Å². The Bertz CT molecular complexity index is 667. The number of nitrogens with one attached hydrogen (secondary N) is 2. The molecule has 2 aromatic carbocycles. The molecule has 22 heavy (non-hydrogen) atoms. The largest absolute Gasteiger partial charge is 0.478 e. The molecule has 3 rings (SSSR count). The highest BCUT2D eigenvalue weighted by Gasteiger charge is 2.39. The molecule has 2 aromatic rings. The van der Waals surface area contributed by atoms with Crippen molar-refractivity contribution in [2.24, 2.45) is 5.92 Å². The molecule has 1 aliphatic rings. The van der Waals surface area contributed by atoms with Crippen molar-refractivity contribution in [3.63, 3.8) is 0 Å². The van der Waals surface area contributed by atoms with Crippen molar-refractivity contribution in [1.82, 2.24) is 0 Å². The molecule has 0 spiro atoms. The Labute approximate surface area is 130 Å². The van der Waals surface area contributed by atoms with Gasteiger partial charge in [0.2, 0.25) is 0 Å². The Kier molecular flexibility index (Phi) is 3.53. The second-order valence-corrected chi connectivity index (χ2v) is 6.10. The standard InChI is InChI=1S/C18H20N2O2/c1-12(2)18(19-15-5-3-4-6-16(15)20-18)11-13-7-9-14(10-8-13)17(21)22/h3-10,12,19-20H,11H2,1-2H3,(H,21,22). The summed E-state index contributed by atoms with van der Waals surface area (Å²) in [4.78, 5) is 11.0. The van der Waals surface area contributed by atoms with E-state index in [9.17, 15) is 4.79 Å². The first-order valence-corrected chi connectivity index (χ1v) is 7.48. The number of hydrogen-bond donors (Lipinski definition) is 3. The van der Waals surface area contributed by atoms with Crippen molar-refractivity contribution >= 4 is 17.3 Å². The number of anilines is 2. The van der Waals surface area contributed by atoms with Gasteiger partial charge in [-0.15, -0.1) is 0 Å². The van der Waals surface area contributed by atoms with Crippen LogP contribution in [0.25, 0.3) is 0 Å². The maximum Gasteiger partial charge on any atom is 0.335 e. The van der Waals surface area contributed by atoms with Gasteiger partial charge in [-0.2, -0.15) is 0 Å². The number of para-hydroxylation sites is 2. The van der Waals surface area contributed by atoms with Gasteiger partial charge in [-0.25, -0.2) is 4.79 Å². The summed E-state index contributed by atoms with van der Waals surface area (Å²) in [5.74, 6) is -0.534. The van der Waals surface area contributed by atoms with Gasteiger partial charge in [-0.05, 0) is 35.7 Å². The fourth-order valence-electron chi connectivity index (χ4n) is 2.88. The third kappa shape index (κ3) is 2.52. The third-order valence-electron chi connectivity index (χ3n) is 4.31. The van der Waals surface area contributed by atoms with Gasteiger partial charge in [0.05, 0.1) is 16.9 Å². The lowest BCUT2D eigenvalue weighted by Crippen LogP contribution is -2.49. The molecular weight excluding hydrogens is 276 g/mol. The smallest absolute Gasteiger partial charge is 0.335 e. The summed E-state index contributed by atoms with van der Waals surface area (Å²) < 4.78 is 0. The first-order chi connectivity index (χ1) is 10.5. The van der Waals surface area contributed by atoms with Crippen LogP contribution in [0.15, 0.2) is 48.5 Å². The minimum Gasteiger partial charge on any atom is -0.478 e. The molecule has 0 saturated heterocycles. The van der Waals surface area contributed by atoms with Crippen molar-refractivity contribution in [3.05, 3.63) is 59.7 Å². The molecule has 1 aliphatic heterocycles. The molecular formula is C18H20N2O2. The minimum atomic E-state index is -0.894. The first-order valence-electron chi connectivity index (χ1n) is 7.48. The summed E-state index contributed by atoms with van der Waals surface area (Å²) in [6, 6.07) is 15.3. The van der Waals surface area contributed by atoms with Gasteiger partial charge in [0.15, 0.2) is 0 Å². The number of aromatic carboxylic acids is 1. The van der Waals surface area contributed by atoms with Crippen LogP contribution in [0.1, 0.15) is 29.8 Å². The molecule has 0 fully saturated rings. The summed E-state index contributed by atoms with van der Waals surface area (Å²) in [5.41, 5.74) is 3.38. The second-order valence-electron chi connectivity index (χ2n) is 6.10. The summed E-state index contributed by atoms with van der Waals surface area (Å²) in [5, 5.41) is 16.2. The van der Waals surface area contributed by atoms with Crippen LogP contribution in [-0.4, -0.2) is 16.7 Å². The normalized spacial score (nSPS) is 15.0. The quantitative estimate of drug-likeness (QED) is 0.802. The number of carbonyl (C=O) groups is 1. The molecule has 0 radical (unpaired) electrons. The van der Waals surface area contributed by atoms with Crippen LogP contribution in [-0.2, 0) is 6.42 Å². The number of rotatable bonds is 4. The second kappa shape index (κ2) is 5.37.